The molecule has 146 valence electrons. The summed E-state index contributed by atoms with van der Waals surface area (Å²) in [6.45, 7) is 0. The second kappa shape index (κ2) is 7.00. The highest BCUT2D eigenvalue weighted by molar-refractivity contribution is 6.11. The number of nitrogens with zero attached hydrogens (tertiary/aromatic N) is 2. The number of benzene rings is 3. The zero-order chi connectivity index (χ0) is 20.7. The van der Waals surface area contributed by atoms with Crippen LogP contribution in [0.2, 0.25) is 0 Å². The molecule has 0 spiro atoms. The van der Waals surface area contributed by atoms with Gasteiger partial charge in [-0.3, -0.25) is 4.98 Å². The van der Waals surface area contributed by atoms with Crippen molar-refractivity contribution in [1.82, 2.24) is 9.97 Å². The molecule has 0 amide bonds. The zero-order valence-electron chi connectivity index (χ0n) is 15.9. The van der Waals surface area contributed by atoms with Gasteiger partial charge in [0.2, 0.25) is 0 Å². The van der Waals surface area contributed by atoms with Crippen molar-refractivity contribution in [1.29, 1.82) is 0 Å². The summed E-state index contributed by atoms with van der Waals surface area (Å²) in [7, 11) is 0. The number of aromatic nitrogens is 2. The van der Waals surface area contributed by atoms with Crippen molar-refractivity contribution in [3.05, 3.63) is 96.8 Å². The maximum absolute atomic E-state index is 9.85. The number of pyridine rings is 2. The Hall–Kier alpha value is -3.64. The van der Waals surface area contributed by atoms with E-state index < -0.39 is 5.97 Å². The normalized spacial score (nSPS) is 11.8. The van der Waals surface area contributed by atoms with Crippen molar-refractivity contribution in [3.63, 3.8) is 0 Å². The third-order valence-corrected chi connectivity index (χ3v) is 5.20. The molecule has 5 heteroatoms. The van der Waals surface area contributed by atoms with E-state index in [1.165, 1.54) is 6.07 Å². The van der Waals surface area contributed by atoms with E-state index in [2.05, 4.69) is 9.97 Å². The molecular formula is C25H18N2O3. The van der Waals surface area contributed by atoms with Crippen LogP contribution >= 0.6 is 0 Å². The van der Waals surface area contributed by atoms with Crippen LogP contribution in [0.3, 0.4) is 0 Å². The molecule has 2 aromatic heterocycles. The molecule has 0 saturated carbocycles. The van der Waals surface area contributed by atoms with Gasteiger partial charge in [0.1, 0.15) is 5.69 Å². The molecule has 0 saturated heterocycles. The molecule has 0 fully saturated rings. The lowest BCUT2D eigenvalue weighted by Gasteiger charge is -2.17. The van der Waals surface area contributed by atoms with Crippen LogP contribution in [0.4, 0.5) is 0 Å². The molecule has 5 nitrogen and oxygen atoms in total. The fourth-order valence-corrected chi connectivity index (χ4v) is 3.80. The number of fused-ring (bicyclic) bond motifs is 3. The highest BCUT2D eigenvalue weighted by Crippen LogP contribution is 2.36. The molecular weight excluding hydrogens is 376 g/mol. The van der Waals surface area contributed by atoms with Crippen molar-refractivity contribution < 1.29 is 15.3 Å². The monoisotopic (exact) mass is 394 g/mol. The fraction of sp³-hybridized carbons (Fsp3) is 0.0400. The summed E-state index contributed by atoms with van der Waals surface area (Å²) >= 11 is 0. The highest BCUT2D eigenvalue weighted by Gasteiger charge is 2.26. The number of aliphatic hydroxyl groups is 3. The van der Waals surface area contributed by atoms with Gasteiger partial charge < -0.3 is 15.3 Å². The van der Waals surface area contributed by atoms with Crippen molar-refractivity contribution >= 4 is 21.8 Å². The summed E-state index contributed by atoms with van der Waals surface area (Å²) in [4.78, 5) is 8.93. The van der Waals surface area contributed by atoms with Gasteiger partial charge in [0, 0.05) is 17.0 Å². The molecule has 5 aromatic rings. The zero-order valence-corrected chi connectivity index (χ0v) is 15.9. The Labute approximate surface area is 172 Å². The van der Waals surface area contributed by atoms with E-state index in [1.807, 2.05) is 78.9 Å². The molecule has 0 aliphatic rings. The van der Waals surface area contributed by atoms with Gasteiger partial charge in [0.15, 0.2) is 0 Å². The average molecular weight is 394 g/mol. The Bertz CT molecular complexity index is 1360. The first kappa shape index (κ1) is 18.4. The summed E-state index contributed by atoms with van der Waals surface area (Å²) in [5.41, 5.74) is 4.50. The van der Waals surface area contributed by atoms with Crippen molar-refractivity contribution in [3.8, 4) is 22.3 Å². The maximum Gasteiger partial charge on any atom is 0.322 e. The third-order valence-electron chi connectivity index (χ3n) is 5.20. The van der Waals surface area contributed by atoms with E-state index in [-0.39, 0.29) is 5.69 Å². The minimum absolute atomic E-state index is 0.256. The Morgan fingerprint density at radius 3 is 1.77 bits per heavy atom. The molecule has 5 rings (SSSR count). The molecule has 0 atom stereocenters. The van der Waals surface area contributed by atoms with E-state index in [9.17, 15) is 15.3 Å². The molecule has 0 radical (unpaired) electrons. The standard InChI is InChI=1S/C25H18N2O3/c28-25(29,30)22-15-21(17-9-5-2-6-10-17)20-12-11-19-18(16-7-3-1-4-8-16)13-14-26-23(19)24(20)27-22/h1-15,28-30H. The van der Waals surface area contributed by atoms with Gasteiger partial charge >= 0.3 is 5.97 Å². The van der Waals surface area contributed by atoms with Gasteiger partial charge in [-0.15, -0.1) is 0 Å². The van der Waals surface area contributed by atoms with Crippen LogP contribution in [0, 0.1) is 0 Å². The second-order valence-corrected chi connectivity index (χ2v) is 7.14. The fourth-order valence-electron chi connectivity index (χ4n) is 3.80. The smallest absolute Gasteiger partial charge is 0.322 e. The van der Waals surface area contributed by atoms with Crippen LogP contribution < -0.4 is 0 Å². The van der Waals surface area contributed by atoms with Gasteiger partial charge in [0.05, 0.1) is 11.0 Å². The average Bonchev–Trinajstić information content (AvgIpc) is 2.78. The quantitative estimate of drug-likeness (QED) is 0.315. The van der Waals surface area contributed by atoms with Crippen molar-refractivity contribution in [2.24, 2.45) is 0 Å². The summed E-state index contributed by atoms with van der Waals surface area (Å²) in [6.07, 6.45) is 1.71. The predicted molar refractivity (Wildman–Crippen MR) is 116 cm³/mol. The van der Waals surface area contributed by atoms with Crippen LogP contribution in [-0.4, -0.2) is 25.3 Å². The lowest BCUT2D eigenvalue weighted by Crippen LogP contribution is -2.25. The van der Waals surface area contributed by atoms with Gasteiger partial charge in [-0.1, -0.05) is 72.8 Å². The van der Waals surface area contributed by atoms with E-state index in [1.54, 1.807) is 6.20 Å². The van der Waals surface area contributed by atoms with Crippen LogP contribution in [0.25, 0.3) is 44.1 Å². The molecule has 2 heterocycles. The minimum atomic E-state index is -3.06. The van der Waals surface area contributed by atoms with Crippen LogP contribution in [-0.2, 0) is 5.97 Å². The van der Waals surface area contributed by atoms with E-state index in [4.69, 9.17) is 0 Å². The Balaban J connectivity index is 1.89. The predicted octanol–water partition coefficient (Wildman–Crippen LogP) is 4.20. The molecule has 30 heavy (non-hydrogen) atoms. The lowest BCUT2D eigenvalue weighted by molar-refractivity contribution is -0.326. The van der Waals surface area contributed by atoms with Crippen molar-refractivity contribution in [2.45, 2.75) is 5.97 Å². The molecule has 3 N–H and O–H groups in total. The first-order valence-corrected chi connectivity index (χ1v) is 9.53. The molecule has 0 bridgehead atoms. The number of hydrogen-bond acceptors (Lipinski definition) is 5. The van der Waals surface area contributed by atoms with Gasteiger partial charge in [-0.05, 0) is 34.4 Å². The Morgan fingerprint density at radius 2 is 1.17 bits per heavy atom. The first-order chi connectivity index (χ1) is 14.5. The van der Waals surface area contributed by atoms with Crippen LogP contribution in [0.1, 0.15) is 5.69 Å². The Morgan fingerprint density at radius 1 is 0.600 bits per heavy atom. The maximum atomic E-state index is 9.85. The van der Waals surface area contributed by atoms with E-state index >= 15 is 0 Å². The van der Waals surface area contributed by atoms with Crippen LogP contribution in [0.5, 0.6) is 0 Å². The molecule has 0 unspecified atom stereocenters. The minimum Gasteiger partial charge on any atom is -0.338 e. The van der Waals surface area contributed by atoms with E-state index in [0.717, 1.165) is 33.0 Å². The summed E-state index contributed by atoms with van der Waals surface area (Å²) in [5, 5.41) is 31.3. The number of rotatable bonds is 3. The molecule has 0 aliphatic heterocycles. The lowest BCUT2D eigenvalue weighted by atomic mass is 9.95. The highest BCUT2D eigenvalue weighted by atomic mass is 16.7. The van der Waals surface area contributed by atoms with Gasteiger partial charge in [-0.25, -0.2) is 4.98 Å². The number of hydrogen-bond donors (Lipinski definition) is 3. The van der Waals surface area contributed by atoms with Gasteiger partial charge in [-0.2, -0.15) is 0 Å². The summed E-state index contributed by atoms with van der Waals surface area (Å²) in [6, 6.07) is 26.9. The second-order valence-electron chi connectivity index (χ2n) is 7.14. The third kappa shape index (κ3) is 3.11. The Kier molecular flexibility index (Phi) is 4.29. The first-order valence-electron chi connectivity index (χ1n) is 9.53. The largest absolute Gasteiger partial charge is 0.338 e. The molecule has 3 aromatic carbocycles. The SMILES string of the molecule is OC(O)(O)c1cc(-c2ccccc2)c2ccc3c(-c4ccccc4)ccnc3c2n1. The van der Waals surface area contributed by atoms with Gasteiger partial charge in [0.25, 0.3) is 0 Å². The summed E-state index contributed by atoms with van der Waals surface area (Å²) < 4.78 is 0. The topological polar surface area (TPSA) is 86.5 Å². The van der Waals surface area contributed by atoms with Crippen molar-refractivity contribution in [2.75, 3.05) is 0 Å². The summed E-state index contributed by atoms with van der Waals surface area (Å²) in [5.74, 6) is -3.06. The van der Waals surface area contributed by atoms with Crippen LogP contribution in [0.15, 0.2) is 91.1 Å². The molecule has 0 aliphatic carbocycles. The van der Waals surface area contributed by atoms with E-state index in [0.29, 0.717) is 11.0 Å².